The number of aliphatic carboxylic acids is 1. The third-order valence-electron chi connectivity index (χ3n) is 4.77. The normalized spacial score (nSPS) is 16.8. The Bertz CT molecular complexity index is 1090. The van der Waals surface area contributed by atoms with Gasteiger partial charge in [0.15, 0.2) is 0 Å². The summed E-state index contributed by atoms with van der Waals surface area (Å²) in [5, 5.41) is 8.93. The van der Waals surface area contributed by atoms with Crippen LogP contribution in [-0.2, 0) is 15.8 Å². The van der Waals surface area contributed by atoms with E-state index in [0.717, 1.165) is 17.8 Å². The Balaban J connectivity index is 1.75. The largest absolute Gasteiger partial charge is 0.481 e. The Morgan fingerprint density at radius 2 is 2.03 bits per heavy atom. The molecule has 0 aliphatic carbocycles. The molecule has 0 radical (unpaired) electrons. The minimum Gasteiger partial charge on any atom is -0.481 e. The van der Waals surface area contributed by atoms with Crippen LogP contribution in [0, 0.1) is 11.7 Å². The third kappa shape index (κ3) is 5.39. The number of hydrogen-bond acceptors (Lipinski definition) is 5. The second-order valence-corrected chi connectivity index (χ2v) is 8.79. The monoisotopic (exact) mass is 487 g/mol. The quantitative estimate of drug-likeness (QED) is 0.302. The predicted octanol–water partition coefficient (Wildman–Crippen LogP) is 5.81. The zero-order chi connectivity index (χ0) is 23.6. The molecule has 1 N–H and O–H groups in total. The highest BCUT2D eigenvalue weighted by Crippen LogP contribution is 2.36. The second kappa shape index (κ2) is 9.45. The molecule has 11 heteroatoms. The van der Waals surface area contributed by atoms with Crippen molar-refractivity contribution in [3.8, 4) is 11.3 Å². The van der Waals surface area contributed by atoms with Crippen LogP contribution in [0.5, 0.6) is 0 Å². The van der Waals surface area contributed by atoms with Gasteiger partial charge in [0.05, 0.1) is 21.9 Å². The zero-order valence-electron chi connectivity index (χ0n) is 16.6. The van der Waals surface area contributed by atoms with Crippen molar-refractivity contribution in [2.45, 2.75) is 25.9 Å². The topological polar surface area (TPSA) is 70.8 Å². The summed E-state index contributed by atoms with van der Waals surface area (Å²) in [6.45, 7) is 1.84. The van der Waals surface area contributed by atoms with Gasteiger partial charge in [-0.3, -0.25) is 14.5 Å². The Labute approximate surface area is 190 Å². The number of amides is 1. The fourth-order valence-corrected chi connectivity index (χ4v) is 4.26. The summed E-state index contributed by atoms with van der Waals surface area (Å²) in [7, 11) is 0. The second-order valence-electron chi connectivity index (χ2n) is 7.11. The molecular formula is C21H17F4NO4S2. The lowest BCUT2D eigenvalue weighted by Gasteiger charge is -2.15. The van der Waals surface area contributed by atoms with Gasteiger partial charge in [0.1, 0.15) is 21.7 Å². The van der Waals surface area contributed by atoms with Crippen LogP contribution in [-0.4, -0.2) is 32.7 Å². The van der Waals surface area contributed by atoms with Gasteiger partial charge in [0.2, 0.25) is 0 Å². The average molecular weight is 487 g/mol. The lowest BCUT2D eigenvalue weighted by molar-refractivity contribution is -0.141. The molecule has 1 aromatic carbocycles. The molecular weight excluding hydrogens is 470 g/mol. The number of carboxylic acid groups (broad SMARTS) is 1. The zero-order valence-corrected chi connectivity index (χ0v) is 18.2. The molecule has 32 heavy (non-hydrogen) atoms. The van der Waals surface area contributed by atoms with Gasteiger partial charge in [-0.25, -0.2) is 4.39 Å². The van der Waals surface area contributed by atoms with Crippen molar-refractivity contribution in [2.24, 2.45) is 5.92 Å². The fraction of sp³-hybridized carbons (Fsp3) is 0.286. The summed E-state index contributed by atoms with van der Waals surface area (Å²) in [4.78, 5) is 25.1. The first-order valence-electron chi connectivity index (χ1n) is 9.42. The van der Waals surface area contributed by atoms with E-state index in [4.69, 9.17) is 21.7 Å². The first-order valence-corrected chi connectivity index (χ1v) is 10.6. The van der Waals surface area contributed by atoms with Crippen LogP contribution in [0.1, 0.15) is 31.1 Å². The van der Waals surface area contributed by atoms with Crippen molar-refractivity contribution in [3.05, 3.63) is 52.4 Å². The van der Waals surface area contributed by atoms with Gasteiger partial charge < -0.3 is 9.52 Å². The number of halogens is 4. The number of benzene rings is 1. The highest BCUT2D eigenvalue weighted by atomic mass is 32.2. The Morgan fingerprint density at radius 3 is 2.69 bits per heavy atom. The molecule has 170 valence electrons. The van der Waals surface area contributed by atoms with E-state index in [-0.39, 0.29) is 34.4 Å². The number of nitrogens with zero attached hydrogens (tertiary/aromatic N) is 1. The Kier molecular flexibility index (Phi) is 7.09. The van der Waals surface area contributed by atoms with E-state index >= 15 is 0 Å². The number of carbonyl (C=O) groups is 2. The van der Waals surface area contributed by atoms with E-state index in [2.05, 4.69) is 0 Å². The smallest absolute Gasteiger partial charge is 0.416 e. The summed E-state index contributed by atoms with van der Waals surface area (Å²) >= 11 is 6.24. The van der Waals surface area contributed by atoms with Gasteiger partial charge in [-0.05, 0) is 43.2 Å². The fourth-order valence-electron chi connectivity index (χ4n) is 2.97. The standard InChI is InChI=1S/C21H17F4NO4S2/c1-11(19(28)29)3-2-8-26-18(27)17(32-20(26)31)10-13-5-7-16(30-13)14-9-12(21(23,24)25)4-6-15(14)22/h4-7,9-11H,2-3,8H2,1H3,(H,28,29). The number of thiocarbonyl (C=S) groups is 1. The summed E-state index contributed by atoms with van der Waals surface area (Å²) in [5.41, 5.74) is -1.36. The molecule has 1 saturated heterocycles. The summed E-state index contributed by atoms with van der Waals surface area (Å²) in [6.07, 6.45) is -2.41. The highest BCUT2D eigenvalue weighted by Gasteiger charge is 2.33. The molecule has 1 aliphatic heterocycles. The van der Waals surface area contributed by atoms with Crippen molar-refractivity contribution in [2.75, 3.05) is 6.54 Å². The van der Waals surface area contributed by atoms with Crippen LogP contribution < -0.4 is 0 Å². The van der Waals surface area contributed by atoms with Crippen LogP contribution in [0.3, 0.4) is 0 Å². The first kappa shape index (κ1) is 24.0. The van der Waals surface area contributed by atoms with E-state index in [9.17, 15) is 27.2 Å². The van der Waals surface area contributed by atoms with Crippen molar-refractivity contribution < 1.29 is 36.7 Å². The number of thioether (sulfide) groups is 1. The van der Waals surface area contributed by atoms with Gasteiger partial charge in [-0.2, -0.15) is 13.2 Å². The lowest BCUT2D eigenvalue weighted by Crippen LogP contribution is -2.29. The molecule has 0 bridgehead atoms. The average Bonchev–Trinajstić information content (AvgIpc) is 3.27. The van der Waals surface area contributed by atoms with Gasteiger partial charge in [0.25, 0.3) is 5.91 Å². The molecule has 0 spiro atoms. The Morgan fingerprint density at radius 1 is 1.31 bits per heavy atom. The molecule has 1 aromatic heterocycles. The molecule has 1 amide bonds. The van der Waals surface area contributed by atoms with Crippen molar-refractivity contribution in [3.63, 3.8) is 0 Å². The van der Waals surface area contributed by atoms with Crippen LogP contribution in [0.15, 0.2) is 39.7 Å². The minimum absolute atomic E-state index is 0.113. The number of hydrogen-bond donors (Lipinski definition) is 1. The maximum absolute atomic E-state index is 14.1. The molecule has 5 nitrogen and oxygen atoms in total. The van der Waals surface area contributed by atoms with Crippen LogP contribution in [0.2, 0.25) is 0 Å². The molecule has 1 fully saturated rings. The van der Waals surface area contributed by atoms with Crippen LogP contribution in [0.4, 0.5) is 17.6 Å². The molecule has 0 saturated carbocycles. The van der Waals surface area contributed by atoms with Gasteiger partial charge in [0, 0.05) is 12.6 Å². The highest BCUT2D eigenvalue weighted by molar-refractivity contribution is 8.26. The molecule has 3 rings (SSSR count). The van der Waals surface area contributed by atoms with E-state index < -0.39 is 29.4 Å². The van der Waals surface area contributed by atoms with Crippen molar-refractivity contribution in [1.82, 2.24) is 4.90 Å². The van der Waals surface area contributed by atoms with Gasteiger partial charge >= 0.3 is 12.1 Å². The van der Waals surface area contributed by atoms with E-state index in [1.807, 2.05) is 0 Å². The Hall–Kier alpha value is -2.66. The van der Waals surface area contributed by atoms with E-state index in [0.29, 0.717) is 29.3 Å². The van der Waals surface area contributed by atoms with Crippen molar-refractivity contribution >= 4 is 46.3 Å². The van der Waals surface area contributed by atoms with Gasteiger partial charge in [-0.15, -0.1) is 0 Å². The molecule has 2 heterocycles. The summed E-state index contributed by atoms with van der Waals surface area (Å²) in [6, 6.07) is 4.76. The van der Waals surface area contributed by atoms with Crippen molar-refractivity contribution in [1.29, 1.82) is 0 Å². The summed E-state index contributed by atoms with van der Waals surface area (Å²) < 4.78 is 58.6. The molecule has 2 aromatic rings. The number of alkyl halides is 3. The molecule has 1 atom stereocenters. The minimum atomic E-state index is -4.63. The SMILES string of the molecule is CC(CCCN1C(=O)C(=Cc2ccc(-c3cc(C(F)(F)F)ccc3F)o2)SC1=S)C(=O)O. The summed E-state index contributed by atoms with van der Waals surface area (Å²) in [5.74, 6) is -2.68. The number of carboxylic acids is 1. The maximum atomic E-state index is 14.1. The first-order chi connectivity index (χ1) is 15.0. The predicted molar refractivity (Wildman–Crippen MR) is 115 cm³/mol. The number of furan rings is 1. The van der Waals surface area contributed by atoms with Crippen LogP contribution in [0.25, 0.3) is 17.4 Å². The third-order valence-corrected chi connectivity index (χ3v) is 6.15. The van der Waals surface area contributed by atoms with Gasteiger partial charge in [-0.1, -0.05) is 30.9 Å². The molecule has 1 unspecified atom stereocenters. The lowest BCUT2D eigenvalue weighted by atomic mass is 10.1. The van der Waals surface area contributed by atoms with Crippen LogP contribution >= 0.6 is 24.0 Å². The number of carbonyl (C=O) groups excluding carboxylic acids is 1. The molecule has 1 aliphatic rings. The van der Waals surface area contributed by atoms with E-state index in [1.54, 1.807) is 6.92 Å². The van der Waals surface area contributed by atoms with E-state index in [1.165, 1.54) is 23.1 Å². The number of rotatable bonds is 7. The maximum Gasteiger partial charge on any atom is 0.416 e.